The molecule has 0 saturated heterocycles. The van der Waals surface area contributed by atoms with E-state index in [0.29, 0.717) is 18.1 Å². The van der Waals surface area contributed by atoms with Crippen LogP contribution in [0.5, 0.6) is 0 Å². The van der Waals surface area contributed by atoms with E-state index < -0.39 is 0 Å². The molecule has 2 fully saturated rings. The van der Waals surface area contributed by atoms with E-state index in [1.807, 2.05) is 19.1 Å². The molecule has 0 amide bonds. The molecule has 3 rings (SSSR count). The molecule has 0 atom stereocenters. The molecule has 0 heterocycles. The second-order valence-electron chi connectivity index (χ2n) is 10.00. The number of benzene rings is 1. The topological polar surface area (TPSA) is 26.3 Å². The average molecular weight is 413 g/mol. The van der Waals surface area contributed by atoms with Crippen molar-refractivity contribution >= 4 is 5.97 Å². The lowest BCUT2D eigenvalue weighted by atomic mass is 9.68. The number of hydrogen-bond donors (Lipinski definition) is 0. The van der Waals surface area contributed by atoms with Gasteiger partial charge >= 0.3 is 5.97 Å². The molecule has 0 unspecified atom stereocenters. The van der Waals surface area contributed by atoms with E-state index in [1.54, 1.807) is 0 Å². The van der Waals surface area contributed by atoms with Crippen molar-refractivity contribution in [1.29, 1.82) is 0 Å². The second-order valence-corrected chi connectivity index (χ2v) is 10.00. The predicted molar refractivity (Wildman–Crippen MR) is 126 cm³/mol. The van der Waals surface area contributed by atoms with Crippen LogP contribution in [0.2, 0.25) is 0 Å². The monoisotopic (exact) mass is 412 g/mol. The Balaban J connectivity index is 1.38. The highest BCUT2D eigenvalue weighted by atomic mass is 16.5. The molecule has 2 aliphatic carbocycles. The summed E-state index contributed by atoms with van der Waals surface area (Å²) in [6.07, 6.45) is 19.4. The summed E-state index contributed by atoms with van der Waals surface area (Å²) < 4.78 is 5.24. The zero-order valence-electron chi connectivity index (χ0n) is 19.5. The summed E-state index contributed by atoms with van der Waals surface area (Å²) in [4.78, 5) is 12.0. The third-order valence-corrected chi connectivity index (χ3v) is 7.85. The molecule has 0 aromatic heterocycles. The van der Waals surface area contributed by atoms with E-state index in [-0.39, 0.29) is 5.97 Å². The van der Waals surface area contributed by atoms with E-state index in [0.717, 1.165) is 24.2 Å². The number of rotatable bonds is 10. The zero-order valence-corrected chi connectivity index (χ0v) is 19.5. The summed E-state index contributed by atoms with van der Waals surface area (Å²) in [5.74, 6) is 3.47. The quantitative estimate of drug-likeness (QED) is 0.285. The Hall–Kier alpha value is -1.31. The zero-order chi connectivity index (χ0) is 21.2. The van der Waals surface area contributed by atoms with Gasteiger partial charge in [-0.05, 0) is 86.3 Å². The second kappa shape index (κ2) is 12.5. The van der Waals surface area contributed by atoms with Crippen molar-refractivity contribution in [3.05, 3.63) is 35.4 Å². The molecule has 0 spiro atoms. The predicted octanol–water partition coefficient (Wildman–Crippen LogP) is 8.30. The molecule has 0 aliphatic heterocycles. The first kappa shape index (κ1) is 23.4. The van der Waals surface area contributed by atoms with Crippen LogP contribution in [-0.4, -0.2) is 12.6 Å². The van der Waals surface area contributed by atoms with Gasteiger partial charge in [-0.2, -0.15) is 0 Å². The van der Waals surface area contributed by atoms with Crippen molar-refractivity contribution in [2.24, 2.45) is 17.8 Å². The van der Waals surface area contributed by atoms with Crippen molar-refractivity contribution in [3.8, 4) is 0 Å². The van der Waals surface area contributed by atoms with E-state index in [2.05, 4.69) is 19.1 Å². The van der Waals surface area contributed by atoms with Gasteiger partial charge in [-0.15, -0.1) is 0 Å². The minimum absolute atomic E-state index is 0.187. The summed E-state index contributed by atoms with van der Waals surface area (Å²) in [5, 5.41) is 0. The minimum Gasteiger partial charge on any atom is -0.462 e. The van der Waals surface area contributed by atoms with Crippen molar-refractivity contribution < 1.29 is 9.53 Å². The van der Waals surface area contributed by atoms with Crippen LogP contribution in [0.1, 0.15) is 126 Å². The fraction of sp³-hybridized carbons (Fsp3) is 0.750. The number of esters is 1. The summed E-state index contributed by atoms with van der Waals surface area (Å²) in [5.41, 5.74) is 2.10. The van der Waals surface area contributed by atoms with Crippen LogP contribution in [-0.2, 0) is 4.74 Å². The lowest BCUT2D eigenvalue weighted by Crippen LogP contribution is -2.25. The van der Waals surface area contributed by atoms with Crippen molar-refractivity contribution in [2.45, 2.75) is 110 Å². The number of ether oxygens (including phenoxy) is 1. The molecule has 2 heteroatoms. The van der Waals surface area contributed by atoms with E-state index >= 15 is 0 Å². The fourth-order valence-corrected chi connectivity index (χ4v) is 5.90. The minimum atomic E-state index is -0.187. The SMILES string of the molecule is CCCCCC[C@H]1CC[C@H](C2CCC(c3ccc(C(=O)OCCC)cc3)CC2)CC1. The first-order chi connectivity index (χ1) is 14.7. The molecule has 1 aromatic rings. The van der Waals surface area contributed by atoms with Crippen LogP contribution < -0.4 is 0 Å². The van der Waals surface area contributed by atoms with Crippen LogP contribution in [0.4, 0.5) is 0 Å². The van der Waals surface area contributed by atoms with Crippen LogP contribution >= 0.6 is 0 Å². The van der Waals surface area contributed by atoms with Gasteiger partial charge in [0, 0.05) is 0 Å². The molecular weight excluding hydrogens is 368 g/mol. The summed E-state index contributed by atoms with van der Waals surface area (Å²) in [6.45, 7) is 4.83. The normalized spacial score (nSPS) is 27.0. The molecule has 0 bridgehead atoms. The fourth-order valence-electron chi connectivity index (χ4n) is 5.90. The van der Waals surface area contributed by atoms with Crippen LogP contribution in [0, 0.1) is 17.8 Å². The Morgan fingerprint density at radius 1 is 0.800 bits per heavy atom. The van der Waals surface area contributed by atoms with Gasteiger partial charge in [0.1, 0.15) is 0 Å². The maximum Gasteiger partial charge on any atom is 0.338 e. The molecular formula is C28H44O2. The van der Waals surface area contributed by atoms with E-state index in [9.17, 15) is 4.79 Å². The van der Waals surface area contributed by atoms with Gasteiger partial charge in [0.05, 0.1) is 12.2 Å². The highest BCUT2D eigenvalue weighted by Gasteiger charge is 2.31. The molecule has 2 saturated carbocycles. The van der Waals surface area contributed by atoms with Crippen LogP contribution in [0.15, 0.2) is 24.3 Å². The Labute approximate surface area is 185 Å². The first-order valence-electron chi connectivity index (χ1n) is 13.0. The largest absolute Gasteiger partial charge is 0.462 e. The number of unbranched alkanes of at least 4 members (excludes halogenated alkanes) is 3. The standard InChI is InChI=1S/C28H44O2/c1-3-5-6-7-8-22-9-11-23(12-10-22)24-13-15-25(16-14-24)26-17-19-27(20-18-26)28(29)30-21-4-2/h17-20,22-25H,3-16,21H2,1-2H3/t22-,23-,24?,25?. The van der Waals surface area contributed by atoms with Crippen LogP contribution in [0.3, 0.4) is 0 Å². The Morgan fingerprint density at radius 3 is 2.03 bits per heavy atom. The number of carbonyl (C=O) groups excluding carboxylic acids is 1. The smallest absolute Gasteiger partial charge is 0.338 e. The third kappa shape index (κ3) is 6.86. The third-order valence-electron chi connectivity index (χ3n) is 7.85. The lowest BCUT2D eigenvalue weighted by molar-refractivity contribution is 0.0505. The Kier molecular flexibility index (Phi) is 9.75. The summed E-state index contributed by atoms with van der Waals surface area (Å²) in [6, 6.07) is 8.25. The Bertz CT molecular complexity index is 604. The lowest BCUT2D eigenvalue weighted by Gasteiger charge is -2.38. The summed E-state index contributed by atoms with van der Waals surface area (Å²) >= 11 is 0. The first-order valence-corrected chi connectivity index (χ1v) is 13.0. The van der Waals surface area contributed by atoms with Gasteiger partial charge < -0.3 is 4.74 Å². The molecule has 0 N–H and O–H groups in total. The Morgan fingerprint density at radius 2 is 1.43 bits per heavy atom. The molecule has 0 radical (unpaired) electrons. The van der Waals surface area contributed by atoms with Gasteiger partial charge in [-0.25, -0.2) is 4.79 Å². The number of hydrogen-bond acceptors (Lipinski definition) is 2. The molecule has 2 nitrogen and oxygen atoms in total. The van der Waals surface area contributed by atoms with Gasteiger partial charge in [-0.3, -0.25) is 0 Å². The highest BCUT2D eigenvalue weighted by molar-refractivity contribution is 5.89. The highest BCUT2D eigenvalue weighted by Crippen LogP contribution is 2.44. The average Bonchev–Trinajstić information content (AvgIpc) is 2.81. The van der Waals surface area contributed by atoms with Gasteiger partial charge in [0.2, 0.25) is 0 Å². The van der Waals surface area contributed by atoms with Crippen molar-refractivity contribution in [2.75, 3.05) is 6.61 Å². The van der Waals surface area contributed by atoms with Gasteiger partial charge in [0.25, 0.3) is 0 Å². The maximum absolute atomic E-state index is 12.0. The van der Waals surface area contributed by atoms with Gasteiger partial charge in [-0.1, -0.05) is 70.9 Å². The van der Waals surface area contributed by atoms with E-state index in [1.165, 1.54) is 89.0 Å². The summed E-state index contributed by atoms with van der Waals surface area (Å²) in [7, 11) is 0. The van der Waals surface area contributed by atoms with Crippen LogP contribution in [0.25, 0.3) is 0 Å². The van der Waals surface area contributed by atoms with Crippen molar-refractivity contribution in [1.82, 2.24) is 0 Å². The molecule has 168 valence electrons. The van der Waals surface area contributed by atoms with Crippen molar-refractivity contribution in [3.63, 3.8) is 0 Å². The maximum atomic E-state index is 12.0. The molecule has 2 aliphatic rings. The molecule has 30 heavy (non-hydrogen) atoms. The van der Waals surface area contributed by atoms with Gasteiger partial charge in [0.15, 0.2) is 0 Å². The number of carbonyl (C=O) groups is 1. The molecule has 1 aromatic carbocycles. The van der Waals surface area contributed by atoms with E-state index in [4.69, 9.17) is 4.74 Å².